The van der Waals surface area contributed by atoms with E-state index in [1.165, 1.54) is 30.3 Å². The molecule has 0 atom stereocenters. The van der Waals surface area contributed by atoms with Crippen LogP contribution >= 0.6 is 11.6 Å². The first kappa shape index (κ1) is 23.0. The zero-order valence-electron chi connectivity index (χ0n) is 17.1. The summed E-state index contributed by atoms with van der Waals surface area (Å²) in [6, 6.07) is 10.1. The van der Waals surface area contributed by atoms with Gasteiger partial charge >= 0.3 is 0 Å². The van der Waals surface area contributed by atoms with E-state index in [1.807, 2.05) is 4.90 Å². The van der Waals surface area contributed by atoms with Gasteiger partial charge in [-0.1, -0.05) is 17.7 Å². The van der Waals surface area contributed by atoms with Gasteiger partial charge < -0.3 is 9.80 Å². The van der Waals surface area contributed by atoms with Crippen molar-refractivity contribution in [1.29, 1.82) is 0 Å². The highest BCUT2D eigenvalue weighted by molar-refractivity contribution is 7.89. The molecule has 1 fully saturated rings. The van der Waals surface area contributed by atoms with Crippen LogP contribution in [0, 0.1) is 10.1 Å². The van der Waals surface area contributed by atoms with Gasteiger partial charge in [0.15, 0.2) is 0 Å². The van der Waals surface area contributed by atoms with E-state index in [0.29, 0.717) is 31.9 Å². The fraction of sp³-hybridized carbons (Fsp3) is 0.350. The monoisotopic (exact) mass is 466 g/mol. The third-order valence-corrected chi connectivity index (χ3v) is 6.83. The maximum Gasteiger partial charge on any atom is 0.271 e. The van der Waals surface area contributed by atoms with Gasteiger partial charge in [0, 0.05) is 50.0 Å². The molecule has 166 valence electrons. The third kappa shape index (κ3) is 5.33. The molecule has 1 heterocycles. The lowest BCUT2D eigenvalue weighted by Crippen LogP contribution is -2.48. The van der Waals surface area contributed by atoms with Crippen LogP contribution in [0.15, 0.2) is 47.4 Å². The number of nitro groups is 1. The fourth-order valence-electron chi connectivity index (χ4n) is 3.36. The highest BCUT2D eigenvalue weighted by Crippen LogP contribution is 2.25. The minimum Gasteiger partial charge on any atom is -0.368 e. The van der Waals surface area contributed by atoms with Crippen LogP contribution in [-0.4, -0.2) is 56.4 Å². The fourth-order valence-corrected chi connectivity index (χ4v) is 4.83. The number of benzene rings is 2. The summed E-state index contributed by atoms with van der Waals surface area (Å²) in [5.74, 6) is -0.356. The number of carbonyl (C=O) groups is 1. The predicted octanol–water partition coefficient (Wildman–Crippen LogP) is 2.90. The van der Waals surface area contributed by atoms with Crippen molar-refractivity contribution < 1.29 is 18.1 Å². The lowest BCUT2D eigenvalue weighted by atomic mass is 10.1. The topological polar surface area (TPSA) is 113 Å². The first-order valence-corrected chi connectivity index (χ1v) is 11.5. The van der Waals surface area contributed by atoms with Crippen LogP contribution in [-0.2, 0) is 10.0 Å². The van der Waals surface area contributed by atoms with Crippen molar-refractivity contribution in [1.82, 2.24) is 9.62 Å². The van der Waals surface area contributed by atoms with Crippen LogP contribution in [0.1, 0.15) is 24.2 Å². The second-order valence-electron chi connectivity index (χ2n) is 7.47. The molecule has 31 heavy (non-hydrogen) atoms. The third-order valence-electron chi connectivity index (χ3n) is 4.84. The van der Waals surface area contributed by atoms with Crippen molar-refractivity contribution in [2.24, 2.45) is 0 Å². The van der Waals surface area contributed by atoms with Gasteiger partial charge in [-0.05, 0) is 38.1 Å². The number of halogens is 1. The van der Waals surface area contributed by atoms with Crippen molar-refractivity contribution in [2.45, 2.75) is 24.8 Å². The Balaban J connectivity index is 1.74. The molecule has 1 aliphatic heterocycles. The second kappa shape index (κ2) is 9.21. The number of non-ortho nitro benzene ring substituents is 1. The lowest BCUT2D eigenvalue weighted by molar-refractivity contribution is -0.384. The van der Waals surface area contributed by atoms with Gasteiger partial charge in [-0.3, -0.25) is 14.9 Å². The molecule has 1 N–H and O–H groups in total. The molecule has 0 aromatic heterocycles. The molecular formula is C20H23ClN4O5S. The Morgan fingerprint density at radius 3 is 2.42 bits per heavy atom. The Morgan fingerprint density at radius 2 is 1.81 bits per heavy atom. The maximum absolute atomic E-state index is 13.0. The molecule has 3 rings (SSSR count). The van der Waals surface area contributed by atoms with E-state index in [2.05, 4.69) is 4.72 Å². The van der Waals surface area contributed by atoms with Crippen LogP contribution in [0.4, 0.5) is 11.4 Å². The smallest absolute Gasteiger partial charge is 0.271 e. The van der Waals surface area contributed by atoms with E-state index >= 15 is 0 Å². The standard InChI is InChI=1S/C20H23ClN4O5S/c1-14(2)22-31(29,30)17-6-7-19(21)18(13-17)20(26)24-10-8-23(9-11-24)15-4-3-5-16(12-15)25(27)28/h3-7,12-14,22H,8-11H2,1-2H3. The van der Waals surface area contributed by atoms with E-state index in [4.69, 9.17) is 11.6 Å². The Labute approximate surface area is 185 Å². The highest BCUT2D eigenvalue weighted by Gasteiger charge is 2.26. The summed E-state index contributed by atoms with van der Waals surface area (Å²) in [7, 11) is -3.76. The average Bonchev–Trinajstić information content (AvgIpc) is 2.72. The van der Waals surface area contributed by atoms with E-state index in [-0.39, 0.29) is 33.1 Å². The van der Waals surface area contributed by atoms with Crippen molar-refractivity contribution in [3.8, 4) is 0 Å². The maximum atomic E-state index is 13.0. The van der Waals surface area contributed by atoms with E-state index in [1.54, 1.807) is 30.9 Å². The van der Waals surface area contributed by atoms with Gasteiger partial charge in [0.05, 0.1) is 20.4 Å². The minimum atomic E-state index is -3.76. The number of rotatable bonds is 6. The summed E-state index contributed by atoms with van der Waals surface area (Å²) < 4.78 is 27.4. The molecule has 0 spiro atoms. The Morgan fingerprint density at radius 1 is 1.13 bits per heavy atom. The summed E-state index contributed by atoms with van der Waals surface area (Å²) >= 11 is 6.20. The normalized spacial score (nSPS) is 14.7. The first-order chi connectivity index (χ1) is 14.6. The number of carbonyl (C=O) groups excluding carboxylic acids is 1. The quantitative estimate of drug-likeness (QED) is 0.517. The summed E-state index contributed by atoms with van der Waals surface area (Å²) in [6.07, 6.45) is 0. The SMILES string of the molecule is CC(C)NS(=O)(=O)c1ccc(Cl)c(C(=O)N2CCN(c3cccc([N+](=O)[O-])c3)CC2)c1. The summed E-state index contributed by atoms with van der Waals surface area (Å²) in [5, 5.41) is 11.2. The van der Waals surface area contributed by atoms with Crippen molar-refractivity contribution in [3.05, 3.63) is 63.2 Å². The first-order valence-electron chi connectivity index (χ1n) is 9.69. The van der Waals surface area contributed by atoms with Crippen LogP contribution in [0.3, 0.4) is 0 Å². The Hall–Kier alpha value is -2.69. The Kier molecular flexibility index (Phi) is 6.83. The molecule has 0 aliphatic carbocycles. The number of nitrogens with one attached hydrogen (secondary N) is 1. The van der Waals surface area contributed by atoms with Crippen LogP contribution in [0.5, 0.6) is 0 Å². The number of piperazine rings is 1. The van der Waals surface area contributed by atoms with Crippen LogP contribution < -0.4 is 9.62 Å². The van der Waals surface area contributed by atoms with Gasteiger partial charge in [0.2, 0.25) is 10.0 Å². The summed E-state index contributed by atoms with van der Waals surface area (Å²) in [4.78, 5) is 27.1. The summed E-state index contributed by atoms with van der Waals surface area (Å²) in [6.45, 7) is 5.13. The zero-order valence-corrected chi connectivity index (χ0v) is 18.7. The number of nitro benzene ring substituents is 1. The number of nitrogens with zero attached hydrogens (tertiary/aromatic N) is 3. The second-order valence-corrected chi connectivity index (χ2v) is 9.60. The molecule has 1 aliphatic rings. The van der Waals surface area contributed by atoms with Crippen molar-refractivity contribution in [3.63, 3.8) is 0 Å². The van der Waals surface area contributed by atoms with E-state index in [9.17, 15) is 23.3 Å². The molecule has 2 aromatic carbocycles. The summed E-state index contributed by atoms with van der Waals surface area (Å²) in [5.41, 5.74) is 0.847. The number of sulfonamides is 1. The zero-order chi connectivity index (χ0) is 22.8. The van der Waals surface area contributed by atoms with Gasteiger partial charge in [0.25, 0.3) is 11.6 Å². The van der Waals surface area contributed by atoms with E-state index < -0.39 is 14.9 Å². The van der Waals surface area contributed by atoms with Gasteiger partial charge in [-0.15, -0.1) is 0 Å². The van der Waals surface area contributed by atoms with Crippen molar-refractivity contribution in [2.75, 3.05) is 31.1 Å². The van der Waals surface area contributed by atoms with Gasteiger partial charge in [-0.2, -0.15) is 0 Å². The van der Waals surface area contributed by atoms with Gasteiger partial charge in [-0.25, -0.2) is 13.1 Å². The number of hydrogen-bond acceptors (Lipinski definition) is 6. The Bertz CT molecular complexity index is 1100. The molecule has 11 heteroatoms. The van der Waals surface area contributed by atoms with Crippen LogP contribution in [0.25, 0.3) is 0 Å². The molecule has 0 radical (unpaired) electrons. The predicted molar refractivity (Wildman–Crippen MR) is 118 cm³/mol. The minimum absolute atomic E-state index is 0.0100. The number of amides is 1. The van der Waals surface area contributed by atoms with Crippen LogP contribution in [0.2, 0.25) is 5.02 Å². The molecular weight excluding hydrogens is 444 g/mol. The van der Waals surface area contributed by atoms with Gasteiger partial charge in [0.1, 0.15) is 0 Å². The molecule has 0 bridgehead atoms. The number of anilines is 1. The lowest BCUT2D eigenvalue weighted by Gasteiger charge is -2.36. The largest absolute Gasteiger partial charge is 0.368 e. The highest BCUT2D eigenvalue weighted by atomic mass is 35.5. The molecule has 1 amide bonds. The van der Waals surface area contributed by atoms with E-state index in [0.717, 1.165) is 0 Å². The average molecular weight is 467 g/mol. The molecule has 0 unspecified atom stereocenters. The van der Waals surface area contributed by atoms with Crippen molar-refractivity contribution >= 4 is 38.9 Å². The molecule has 0 saturated carbocycles. The molecule has 1 saturated heterocycles. The number of hydrogen-bond donors (Lipinski definition) is 1. The molecule has 9 nitrogen and oxygen atoms in total. The molecule has 2 aromatic rings.